The van der Waals surface area contributed by atoms with E-state index in [4.69, 9.17) is 4.74 Å². The Labute approximate surface area is 118 Å². The van der Waals surface area contributed by atoms with Gasteiger partial charge in [0.15, 0.2) is 9.84 Å². The first kappa shape index (κ1) is 14.8. The summed E-state index contributed by atoms with van der Waals surface area (Å²) in [7, 11) is -3.21. The molecule has 1 aliphatic heterocycles. The van der Waals surface area contributed by atoms with Crippen LogP contribution in [0.3, 0.4) is 0 Å². The third-order valence-corrected chi connectivity index (χ3v) is 5.47. The van der Waals surface area contributed by atoms with Gasteiger partial charge in [0.25, 0.3) is 0 Å². The van der Waals surface area contributed by atoms with E-state index in [9.17, 15) is 18.3 Å². The largest absolute Gasteiger partial charge is 0.494 e. The van der Waals surface area contributed by atoms with E-state index in [2.05, 4.69) is 0 Å². The maximum absolute atomic E-state index is 11.5. The van der Waals surface area contributed by atoms with E-state index in [1.807, 2.05) is 30.3 Å². The number of sulfone groups is 1. The topological polar surface area (TPSA) is 80.7 Å². The van der Waals surface area contributed by atoms with Gasteiger partial charge in [0, 0.05) is 0 Å². The van der Waals surface area contributed by atoms with Crippen LogP contribution in [0.25, 0.3) is 0 Å². The molecule has 2 rings (SSSR count). The van der Waals surface area contributed by atoms with E-state index >= 15 is 0 Å². The molecule has 1 atom stereocenters. The van der Waals surface area contributed by atoms with Gasteiger partial charge >= 0.3 is 5.97 Å². The molecular formula is C14H18O5S. The number of hydrogen-bond acceptors (Lipinski definition) is 4. The molecule has 1 aromatic carbocycles. The van der Waals surface area contributed by atoms with Crippen molar-refractivity contribution >= 4 is 15.8 Å². The van der Waals surface area contributed by atoms with E-state index < -0.39 is 21.2 Å². The summed E-state index contributed by atoms with van der Waals surface area (Å²) in [6.45, 7) is 0.388. The lowest BCUT2D eigenvalue weighted by atomic mass is 9.83. The fourth-order valence-corrected chi connectivity index (χ4v) is 4.61. The van der Waals surface area contributed by atoms with Crippen LogP contribution >= 0.6 is 0 Å². The minimum Gasteiger partial charge on any atom is -0.494 e. The van der Waals surface area contributed by atoms with Crippen LogP contribution in [0, 0.1) is 5.41 Å². The van der Waals surface area contributed by atoms with Gasteiger partial charge < -0.3 is 9.84 Å². The van der Waals surface area contributed by atoms with E-state index in [0.717, 1.165) is 5.75 Å². The van der Waals surface area contributed by atoms with Crippen LogP contribution in [0.2, 0.25) is 0 Å². The fourth-order valence-electron chi connectivity index (χ4n) is 2.51. The maximum Gasteiger partial charge on any atom is 0.310 e. The summed E-state index contributed by atoms with van der Waals surface area (Å²) in [5.74, 6) is -0.561. The normalized spacial score (nSPS) is 24.4. The average Bonchev–Trinajstić information content (AvgIpc) is 2.73. The molecule has 1 heterocycles. The van der Waals surface area contributed by atoms with Crippen molar-refractivity contribution in [2.75, 3.05) is 18.1 Å². The smallest absolute Gasteiger partial charge is 0.310 e. The lowest BCUT2D eigenvalue weighted by Gasteiger charge is -2.22. The van der Waals surface area contributed by atoms with Crippen LogP contribution in [-0.2, 0) is 14.6 Å². The number of rotatable bonds is 6. The van der Waals surface area contributed by atoms with Crippen LogP contribution in [0.4, 0.5) is 0 Å². The van der Waals surface area contributed by atoms with Crippen molar-refractivity contribution in [2.45, 2.75) is 19.3 Å². The summed E-state index contributed by atoms with van der Waals surface area (Å²) < 4.78 is 28.5. The SMILES string of the molecule is O=C(O)C1(CCCOc2ccccc2)CCS(=O)(=O)C1. The summed E-state index contributed by atoms with van der Waals surface area (Å²) in [5.41, 5.74) is -1.13. The van der Waals surface area contributed by atoms with Crippen LogP contribution in [0.5, 0.6) is 5.75 Å². The minimum atomic E-state index is -3.21. The predicted octanol–water partition coefficient (Wildman–Crippen LogP) is 1.74. The van der Waals surface area contributed by atoms with Crippen molar-refractivity contribution in [1.82, 2.24) is 0 Å². The molecule has 0 radical (unpaired) electrons. The van der Waals surface area contributed by atoms with Gasteiger partial charge in [0.1, 0.15) is 5.75 Å². The zero-order valence-corrected chi connectivity index (χ0v) is 11.9. The number of hydrogen-bond donors (Lipinski definition) is 1. The molecule has 1 aliphatic rings. The van der Waals surface area contributed by atoms with Crippen molar-refractivity contribution in [3.63, 3.8) is 0 Å². The average molecular weight is 298 g/mol. The first-order valence-electron chi connectivity index (χ1n) is 6.55. The molecule has 110 valence electrons. The minimum absolute atomic E-state index is 0.0289. The van der Waals surface area contributed by atoms with E-state index in [-0.39, 0.29) is 17.9 Å². The summed E-state index contributed by atoms with van der Waals surface area (Å²) in [6, 6.07) is 9.25. The van der Waals surface area contributed by atoms with E-state index in [0.29, 0.717) is 19.4 Å². The Morgan fingerprint density at radius 1 is 1.30 bits per heavy atom. The van der Waals surface area contributed by atoms with Crippen LogP contribution in [0.15, 0.2) is 30.3 Å². The first-order valence-corrected chi connectivity index (χ1v) is 8.37. The monoisotopic (exact) mass is 298 g/mol. The molecule has 1 N–H and O–H groups in total. The molecule has 0 saturated carbocycles. The molecule has 5 nitrogen and oxygen atoms in total. The highest BCUT2D eigenvalue weighted by atomic mass is 32.2. The van der Waals surface area contributed by atoms with Crippen LogP contribution in [0.1, 0.15) is 19.3 Å². The van der Waals surface area contributed by atoms with E-state index in [1.54, 1.807) is 0 Å². The Kier molecular flexibility index (Phi) is 4.32. The second-order valence-electron chi connectivity index (χ2n) is 5.19. The second kappa shape index (κ2) is 5.83. The van der Waals surface area contributed by atoms with Gasteiger partial charge in [-0.05, 0) is 31.4 Å². The third-order valence-electron chi connectivity index (χ3n) is 3.65. The molecule has 20 heavy (non-hydrogen) atoms. The van der Waals surface area contributed by atoms with E-state index in [1.165, 1.54) is 0 Å². The van der Waals surface area contributed by atoms with Gasteiger partial charge in [0.05, 0.1) is 23.5 Å². The lowest BCUT2D eigenvalue weighted by molar-refractivity contribution is -0.148. The summed E-state index contributed by atoms with van der Waals surface area (Å²) in [6.07, 6.45) is 1.06. The Hall–Kier alpha value is -1.56. The first-order chi connectivity index (χ1) is 9.44. The molecule has 1 fully saturated rings. The van der Waals surface area contributed by atoms with Crippen LogP contribution < -0.4 is 4.74 Å². The maximum atomic E-state index is 11.5. The summed E-state index contributed by atoms with van der Waals surface area (Å²) in [4.78, 5) is 11.4. The summed E-state index contributed by atoms with van der Waals surface area (Å²) in [5, 5.41) is 9.31. The number of benzene rings is 1. The van der Waals surface area contributed by atoms with Crippen molar-refractivity contribution in [3.8, 4) is 5.75 Å². The molecule has 0 aromatic heterocycles. The standard InChI is InChI=1S/C14H18O5S/c15-13(16)14(8-10-20(17,18)11-14)7-4-9-19-12-5-2-1-3-6-12/h1-3,5-6H,4,7-11H2,(H,15,16). The molecule has 0 spiro atoms. The highest BCUT2D eigenvalue weighted by Gasteiger charge is 2.47. The number of aliphatic carboxylic acids is 1. The molecule has 6 heteroatoms. The van der Waals surface area contributed by atoms with Crippen LogP contribution in [-0.4, -0.2) is 37.6 Å². The number of carbonyl (C=O) groups is 1. The van der Waals surface area contributed by atoms with Gasteiger partial charge in [-0.25, -0.2) is 8.42 Å². The molecule has 1 saturated heterocycles. The Morgan fingerprint density at radius 2 is 2.00 bits per heavy atom. The molecule has 0 bridgehead atoms. The zero-order chi connectivity index (χ0) is 14.6. The Morgan fingerprint density at radius 3 is 2.55 bits per heavy atom. The number of carboxylic acid groups (broad SMARTS) is 1. The highest BCUT2D eigenvalue weighted by Crippen LogP contribution is 2.37. The molecule has 0 amide bonds. The van der Waals surface area contributed by atoms with Crippen molar-refractivity contribution in [1.29, 1.82) is 0 Å². The quantitative estimate of drug-likeness (QED) is 0.809. The van der Waals surface area contributed by atoms with Gasteiger partial charge in [-0.2, -0.15) is 0 Å². The lowest BCUT2D eigenvalue weighted by Crippen LogP contribution is -2.32. The van der Waals surface area contributed by atoms with Crippen molar-refractivity contribution in [3.05, 3.63) is 30.3 Å². The van der Waals surface area contributed by atoms with Gasteiger partial charge in [0.2, 0.25) is 0 Å². The Balaban J connectivity index is 1.87. The highest BCUT2D eigenvalue weighted by molar-refractivity contribution is 7.91. The van der Waals surface area contributed by atoms with Gasteiger partial charge in [-0.1, -0.05) is 18.2 Å². The zero-order valence-electron chi connectivity index (χ0n) is 11.1. The van der Waals surface area contributed by atoms with Crippen molar-refractivity contribution in [2.24, 2.45) is 5.41 Å². The van der Waals surface area contributed by atoms with Crippen molar-refractivity contribution < 1.29 is 23.1 Å². The second-order valence-corrected chi connectivity index (χ2v) is 7.38. The number of carboxylic acids is 1. The number of para-hydroxylation sites is 1. The summed E-state index contributed by atoms with van der Waals surface area (Å²) >= 11 is 0. The molecule has 0 aliphatic carbocycles. The third kappa shape index (κ3) is 3.50. The Bertz CT molecular complexity index is 566. The fraction of sp³-hybridized carbons (Fsp3) is 0.500. The van der Waals surface area contributed by atoms with Gasteiger partial charge in [-0.15, -0.1) is 0 Å². The number of ether oxygens (including phenoxy) is 1. The predicted molar refractivity (Wildman–Crippen MR) is 74.5 cm³/mol. The molecule has 1 unspecified atom stereocenters. The van der Waals surface area contributed by atoms with Gasteiger partial charge in [-0.3, -0.25) is 4.79 Å². The molecule has 1 aromatic rings. The molecular weight excluding hydrogens is 280 g/mol.